The first-order valence-corrected chi connectivity index (χ1v) is 27.1. The summed E-state index contributed by atoms with van der Waals surface area (Å²) in [5.74, 6) is 0. The van der Waals surface area contributed by atoms with Gasteiger partial charge in [-0.1, -0.05) is 248 Å². The van der Waals surface area contributed by atoms with Crippen molar-refractivity contribution in [1.82, 2.24) is 0 Å². The van der Waals surface area contributed by atoms with Crippen molar-refractivity contribution in [3.63, 3.8) is 0 Å². The van der Waals surface area contributed by atoms with Gasteiger partial charge in [-0.05, 0) is 65.9 Å². The lowest BCUT2D eigenvalue weighted by Crippen LogP contribution is -2.81. The molecule has 16 rings (SSSR count). The van der Waals surface area contributed by atoms with Crippen LogP contribution in [0.25, 0.3) is 66.1 Å². The Hall–Kier alpha value is -8.83. The van der Waals surface area contributed by atoms with Crippen molar-refractivity contribution in [1.29, 1.82) is 0 Å². The van der Waals surface area contributed by atoms with Crippen LogP contribution in [0.2, 0.25) is 0 Å². The summed E-state index contributed by atoms with van der Waals surface area (Å²) >= 11 is 0. The Morgan fingerprint density at radius 3 is 1.17 bits per heavy atom. The Labute approximate surface area is 418 Å². The van der Waals surface area contributed by atoms with Crippen molar-refractivity contribution in [2.24, 2.45) is 0 Å². The average molecular weight is 930 g/mol. The van der Waals surface area contributed by atoms with Crippen LogP contribution in [0.3, 0.4) is 0 Å². The first-order valence-electron chi connectivity index (χ1n) is 25.1. The molecule has 3 aliphatic heterocycles. The first-order chi connectivity index (χ1) is 35.7. The third-order valence-electron chi connectivity index (χ3n) is 16.2. The van der Waals surface area contributed by atoms with Crippen molar-refractivity contribution in [2.45, 2.75) is 0 Å². The molecular weight excluding hydrogens is 888 g/mol. The van der Waals surface area contributed by atoms with Gasteiger partial charge in [0.25, 0.3) is 0 Å². The molecule has 6 heteroatoms. The van der Waals surface area contributed by atoms with Gasteiger partial charge in [-0.2, -0.15) is 0 Å². The zero-order valence-electron chi connectivity index (χ0n) is 39.1. The van der Waals surface area contributed by atoms with Crippen molar-refractivity contribution < 1.29 is 8.83 Å². The number of furan rings is 2. The fourth-order valence-corrected chi connectivity index (χ4v) is 18.6. The minimum atomic E-state index is -3.35. The van der Waals surface area contributed by atoms with Crippen LogP contribution >= 0.6 is 0 Å². The molecule has 0 saturated heterocycles. The lowest BCUT2D eigenvalue weighted by Gasteiger charge is -2.53. The molecule has 72 heavy (non-hydrogen) atoms. The summed E-state index contributed by atoms with van der Waals surface area (Å²) in [6, 6.07) is 93.1. The van der Waals surface area contributed by atoms with E-state index in [-0.39, 0.29) is 13.4 Å². The molecule has 0 radical (unpaired) electrons. The molecule has 3 nitrogen and oxygen atoms in total. The molecule has 0 aliphatic carbocycles. The second kappa shape index (κ2) is 15.1. The van der Waals surface area contributed by atoms with E-state index in [0.29, 0.717) is 0 Å². The SMILES string of the molecule is c1ccc(B2c3cccc4c3N3c5c2cc(-c2cccc6c2oc2ccccc26)cc5[Si](c2ccccc2)(c2ccccc2)c2cc(-c5cccc6c5oc5ccccc56)cc(c23)B4c2ccccc2)cc1. The molecule has 13 aromatic rings. The molecular formula is C66H41B2NO2Si. The van der Waals surface area contributed by atoms with E-state index in [1.165, 1.54) is 70.6 Å². The number of anilines is 3. The molecule has 3 aliphatic rings. The van der Waals surface area contributed by atoms with Crippen molar-refractivity contribution >= 4 is 136 Å². The van der Waals surface area contributed by atoms with Crippen molar-refractivity contribution in [3.05, 3.63) is 249 Å². The van der Waals surface area contributed by atoms with E-state index in [1.54, 1.807) is 0 Å². The summed E-state index contributed by atoms with van der Waals surface area (Å²) in [6.07, 6.45) is 0. The summed E-state index contributed by atoms with van der Waals surface area (Å²) in [5.41, 5.74) is 19.8. The molecule has 0 N–H and O–H groups in total. The van der Waals surface area contributed by atoms with Crippen LogP contribution in [0.5, 0.6) is 0 Å². The standard InChI is InChI=1S/C66H41B2NO2Si/c1-5-20-44(21-6-1)67-54-34-19-35-55-62(54)69-63-56(67)38-42(48-30-17-32-52-50-28-13-15-36-58(50)70-65(48)52)40-60(63)72(46-24-9-3-10-25-46,47-26-11-4-12-27-47)61-41-43(39-57(64(61)69)68(55)45-22-7-2-8-23-45)49-31-18-33-53-51-29-14-16-37-59(51)71-66(49)53/h1-41H. The van der Waals surface area contributed by atoms with Crippen LogP contribution in [-0.4, -0.2) is 21.5 Å². The summed E-state index contributed by atoms with van der Waals surface area (Å²) < 4.78 is 13.9. The Morgan fingerprint density at radius 2 is 0.708 bits per heavy atom. The number of rotatable bonds is 6. The van der Waals surface area contributed by atoms with E-state index in [9.17, 15) is 0 Å². The summed E-state index contributed by atoms with van der Waals surface area (Å²) in [7, 11) is -3.35. The van der Waals surface area contributed by atoms with Gasteiger partial charge in [-0.15, -0.1) is 0 Å². The highest BCUT2D eigenvalue weighted by Gasteiger charge is 2.56. The Morgan fingerprint density at radius 1 is 0.319 bits per heavy atom. The summed E-state index contributed by atoms with van der Waals surface area (Å²) in [4.78, 5) is 2.73. The van der Waals surface area contributed by atoms with Gasteiger partial charge >= 0.3 is 0 Å². The Balaban J connectivity index is 1.12. The van der Waals surface area contributed by atoms with E-state index in [1.807, 2.05) is 0 Å². The number of para-hydroxylation sites is 5. The molecule has 2 aromatic heterocycles. The third-order valence-corrected chi connectivity index (χ3v) is 21.0. The topological polar surface area (TPSA) is 29.5 Å². The minimum absolute atomic E-state index is 0.0521. The highest BCUT2D eigenvalue weighted by molar-refractivity contribution is 7.22. The maximum atomic E-state index is 6.93. The van der Waals surface area contributed by atoms with Gasteiger partial charge in [0.1, 0.15) is 22.3 Å². The minimum Gasteiger partial charge on any atom is -0.455 e. The average Bonchev–Trinajstić information content (AvgIpc) is 4.03. The fourth-order valence-electron chi connectivity index (χ4n) is 13.4. The van der Waals surface area contributed by atoms with Crippen molar-refractivity contribution in [2.75, 3.05) is 4.90 Å². The van der Waals surface area contributed by atoms with E-state index in [4.69, 9.17) is 8.83 Å². The molecule has 11 aromatic carbocycles. The molecule has 0 amide bonds. The number of benzene rings is 11. The maximum Gasteiger partial charge on any atom is 0.246 e. The van der Waals surface area contributed by atoms with Gasteiger partial charge < -0.3 is 13.7 Å². The third kappa shape index (κ3) is 5.36. The second-order valence-corrected chi connectivity index (χ2v) is 23.5. The van der Waals surface area contributed by atoms with Gasteiger partial charge in [-0.25, -0.2) is 0 Å². The highest BCUT2D eigenvalue weighted by atomic mass is 28.3. The predicted molar refractivity (Wildman–Crippen MR) is 306 cm³/mol. The molecule has 0 fully saturated rings. The largest absolute Gasteiger partial charge is 0.455 e. The molecule has 0 unspecified atom stereocenters. The molecule has 0 spiro atoms. The number of hydrogen-bond acceptors (Lipinski definition) is 3. The van der Waals surface area contributed by atoms with E-state index in [2.05, 4.69) is 254 Å². The zero-order chi connectivity index (χ0) is 47.1. The van der Waals surface area contributed by atoms with Crippen LogP contribution in [0.15, 0.2) is 258 Å². The smallest absolute Gasteiger partial charge is 0.246 e. The number of fused-ring (bicyclic) bond motifs is 6. The van der Waals surface area contributed by atoms with E-state index >= 15 is 0 Å². The fraction of sp³-hybridized carbons (Fsp3) is 0. The van der Waals surface area contributed by atoms with Gasteiger partial charge in [0.2, 0.25) is 13.4 Å². The van der Waals surface area contributed by atoms with Gasteiger partial charge in [0.05, 0.1) is 0 Å². The first kappa shape index (κ1) is 40.0. The molecule has 5 heterocycles. The monoisotopic (exact) mass is 929 g/mol. The number of nitrogens with zero attached hydrogens (tertiary/aromatic N) is 1. The van der Waals surface area contributed by atoms with Crippen LogP contribution < -0.4 is 58.4 Å². The molecule has 0 bridgehead atoms. The normalized spacial score (nSPS) is 13.9. The lowest BCUT2D eigenvalue weighted by atomic mass is 9.30. The maximum absolute atomic E-state index is 6.93. The summed E-state index contributed by atoms with van der Waals surface area (Å²) in [5, 5.41) is 9.94. The van der Waals surface area contributed by atoms with Gasteiger partial charge in [0.15, 0.2) is 8.07 Å². The summed E-state index contributed by atoms with van der Waals surface area (Å²) in [6.45, 7) is -0.104. The molecule has 0 saturated carbocycles. The predicted octanol–water partition coefficient (Wildman–Crippen LogP) is 9.64. The zero-order valence-corrected chi connectivity index (χ0v) is 40.1. The van der Waals surface area contributed by atoms with Crippen LogP contribution in [0, 0.1) is 0 Å². The lowest BCUT2D eigenvalue weighted by molar-refractivity contribution is 0.669. The van der Waals surface area contributed by atoms with Crippen molar-refractivity contribution in [3.8, 4) is 22.3 Å². The van der Waals surface area contributed by atoms with E-state index in [0.717, 1.165) is 66.1 Å². The van der Waals surface area contributed by atoms with Gasteiger partial charge in [0, 0.05) is 49.7 Å². The second-order valence-electron chi connectivity index (χ2n) is 19.8. The van der Waals surface area contributed by atoms with Crippen LogP contribution in [-0.2, 0) is 0 Å². The number of hydrogen-bond donors (Lipinski definition) is 0. The highest BCUT2D eigenvalue weighted by Crippen LogP contribution is 2.45. The Bertz CT molecular complexity index is 4080. The van der Waals surface area contributed by atoms with Crippen LogP contribution in [0.4, 0.5) is 17.1 Å². The Kier molecular flexibility index (Phi) is 8.37. The molecule has 0 atom stereocenters. The van der Waals surface area contributed by atoms with Crippen LogP contribution in [0.1, 0.15) is 0 Å². The molecule has 332 valence electrons. The van der Waals surface area contributed by atoms with Gasteiger partial charge in [-0.3, -0.25) is 0 Å². The quantitative estimate of drug-likeness (QED) is 0.156. The van der Waals surface area contributed by atoms with E-state index < -0.39 is 8.07 Å².